The first kappa shape index (κ1) is 22.2. The van der Waals surface area contributed by atoms with Gasteiger partial charge in [-0.05, 0) is 43.0 Å². The van der Waals surface area contributed by atoms with Crippen LogP contribution in [0.5, 0.6) is 11.5 Å². The first-order chi connectivity index (χ1) is 12.8. The molecular weight excluding hydrogens is 374 g/mol. The number of halogens is 1. The molecule has 152 valence electrons. The standard InChI is InChI=1S/C22H29N3O2.ClH/c1-16-8-10-17(11-9-16)27-19-7-5-4-6-18(19)24-21(26)14-25-13-12-20(23)22(2,3)15-25;/h4-11,20H,12-15,23H2,1-3H3,(H,24,26);1H. The summed E-state index contributed by atoms with van der Waals surface area (Å²) in [5, 5.41) is 2.99. The van der Waals surface area contributed by atoms with E-state index in [4.69, 9.17) is 10.5 Å². The van der Waals surface area contributed by atoms with Crippen molar-refractivity contribution in [3.63, 3.8) is 0 Å². The second-order valence-electron chi connectivity index (χ2n) is 8.05. The number of benzene rings is 2. The third-order valence-corrected chi connectivity index (χ3v) is 5.17. The Bertz CT molecular complexity index is 793. The molecule has 6 heteroatoms. The van der Waals surface area contributed by atoms with E-state index in [1.54, 1.807) is 0 Å². The lowest BCUT2D eigenvalue weighted by Gasteiger charge is -2.42. The lowest BCUT2D eigenvalue weighted by atomic mass is 9.80. The van der Waals surface area contributed by atoms with Gasteiger partial charge in [-0.1, -0.05) is 43.7 Å². The number of nitrogens with zero attached hydrogens (tertiary/aromatic N) is 1. The fraction of sp³-hybridized carbons (Fsp3) is 0.409. The van der Waals surface area contributed by atoms with Crippen molar-refractivity contribution in [2.24, 2.45) is 11.1 Å². The number of carbonyl (C=O) groups is 1. The Morgan fingerprint density at radius 2 is 1.89 bits per heavy atom. The van der Waals surface area contributed by atoms with E-state index in [0.29, 0.717) is 18.0 Å². The molecule has 28 heavy (non-hydrogen) atoms. The fourth-order valence-electron chi connectivity index (χ4n) is 3.40. The average molecular weight is 404 g/mol. The van der Waals surface area contributed by atoms with Gasteiger partial charge < -0.3 is 15.8 Å². The average Bonchev–Trinajstić information content (AvgIpc) is 2.61. The van der Waals surface area contributed by atoms with Crippen LogP contribution in [-0.2, 0) is 4.79 Å². The zero-order valence-corrected chi connectivity index (χ0v) is 17.6. The van der Waals surface area contributed by atoms with Gasteiger partial charge in [0.05, 0.1) is 12.2 Å². The van der Waals surface area contributed by atoms with E-state index in [1.807, 2.05) is 55.5 Å². The zero-order chi connectivity index (χ0) is 19.4. The van der Waals surface area contributed by atoms with Crippen molar-refractivity contribution in [1.29, 1.82) is 0 Å². The molecular formula is C22H30ClN3O2. The van der Waals surface area contributed by atoms with Crippen molar-refractivity contribution < 1.29 is 9.53 Å². The molecule has 1 saturated heterocycles. The van der Waals surface area contributed by atoms with Crippen molar-refractivity contribution in [2.75, 3.05) is 25.0 Å². The number of likely N-dealkylation sites (tertiary alicyclic amines) is 1. The summed E-state index contributed by atoms with van der Waals surface area (Å²) in [6.45, 7) is 8.38. The highest BCUT2D eigenvalue weighted by atomic mass is 35.5. The summed E-state index contributed by atoms with van der Waals surface area (Å²) in [7, 11) is 0. The molecule has 1 aliphatic rings. The molecule has 0 aromatic heterocycles. The Hall–Kier alpha value is -2.08. The molecule has 2 aromatic carbocycles. The van der Waals surface area contributed by atoms with E-state index in [9.17, 15) is 4.79 Å². The summed E-state index contributed by atoms with van der Waals surface area (Å²) >= 11 is 0. The fourth-order valence-corrected chi connectivity index (χ4v) is 3.40. The molecule has 1 aliphatic heterocycles. The number of carbonyl (C=O) groups excluding carboxylic acids is 1. The first-order valence-corrected chi connectivity index (χ1v) is 9.45. The number of hydrogen-bond acceptors (Lipinski definition) is 4. The quantitative estimate of drug-likeness (QED) is 0.784. The van der Waals surface area contributed by atoms with E-state index in [2.05, 4.69) is 24.1 Å². The van der Waals surface area contributed by atoms with Crippen LogP contribution in [0.1, 0.15) is 25.8 Å². The molecule has 0 radical (unpaired) electrons. The third kappa shape index (κ3) is 5.71. The maximum absolute atomic E-state index is 12.6. The number of piperidine rings is 1. The van der Waals surface area contributed by atoms with E-state index < -0.39 is 0 Å². The summed E-state index contributed by atoms with van der Waals surface area (Å²) in [6, 6.07) is 15.5. The van der Waals surface area contributed by atoms with Gasteiger partial charge in [-0.2, -0.15) is 0 Å². The maximum Gasteiger partial charge on any atom is 0.238 e. The van der Waals surface area contributed by atoms with Crippen LogP contribution in [0.4, 0.5) is 5.69 Å². The Balaban J connectivity index is 0.00000280. The monoisotopic (exact) mass is 403 g/mol. The van der Waals surface area contributed by atoms with E-state index >= 15 is 0 Å². The van der Waals surface area contributed by atoms with E-state index in [0.717, 1.165) is 25.3 Å². The molecule has 1 amide bonds. The molecule has 0 saturated carbocycles. The number of anilines is 1. The molecule has 5 nitrogen and oxygen atoms in total. The van der Waals surface area contributed by atoms with Gasteiger partial charge in [0.25, 0.3) is 0 Å². The van der Waals surface area contributed by atoms with Gasteiger partial charge in [0.15, 0.2) is 5.75 Å². The van der Waals surface area contributed by atoms with Gasteiger partial charge in [0, 0.05) is 19.1 Å². The van der Waals surface area contributed by atoms with Gasteiger partial charge in [-0.3, -0.25) is 9.69 Å². The normalized spacial score (nSPS) is 18.8. The van der Waals surface area contributed by atoms with Crippen LogP contribution in [0.2, 0.25) is 0 Å². The minimum absolute atomic E-state index is 0. The number of amides is 1. The van der Waals surface area contributed by atoms with Crippen LogP contribution in [0, 0.1) is 12.3 Å². The van der Waals surface area contributed by atoms with E-state index in [1.165, 1.54) is 5.56 Å². The topological polar surface area (TPSA) is 67.6 Å². The predicted molar refractivity (Wildman–Crippen MR) is 116 cm³/mol. The molecule has 2 aromatic rings. The minimum atomic E-state index is -0.0405. The van der Waals surface area contributed by atoms with Crippen LogP contribution in [0.3, 0.4) is 0 Å². The Labute approximate surface area is 173 Å². The van der Waals surface area contributed by atoms with Crippen molar-refractivity contribution in [3.8, 4) is 11.5 Å². The molecule has 1 fully saturated rings. The Morgan fingerprint density at radius 1 is 1.21 bits per heavy atom. The molecule has 1 heterocycles. The first-order valence-electron chi connectivity index (χ1n) is 9.45. The summed E-state index contributed by atoms with van der Waals surface area (Å²) in [5.74, 6) is 1.34. The van der Waals surface area contributed by atoms with Gasteiger partial charge in [0.2, 0.25) is 5.91 Å². The maximum atomic E-state index is 12.6. The van der Waals surface area contributed by atoms with Crippen LogP contribution in [0.25, 0.3) is 0 Å². The third-order valence-electron chi connectivity index (χ3n) is 5.17. The van der Waals surface area contributed by atoms with Crippen LogP contribution < -0.4 is 15.8 Å². The molecule has 0 aliphatic carbocycles. The van der Waals surface area contributed by atoms with Crippen LogP contribution in [-0.4, -0.2) is 36.5 Å². The smallest absolute Gasteiger partial charge is 0.238 e. The number of hydrogen-bond donors (Lipinski definition) is 2. The molecule has 0 bridgehead atoms. The van der Waals surface area contributed by atoms with Crippen molar-refractivity contribution in [1.82, 2.24) is 4.90 Å². The van der Waals surface area contributed by atoms with Gasteiger partial charge in [0.1, 0.15) is 5.75 Å². The predicted octanol–water partition coefficient (Wildman–Crippen LogP) is 4.21. The largest absolute Gasteiger partial charge is 0.455 e. The molecule has 0 spiro atoms. The number of aryl methyl sites for hydroxylation is 1. The summed E-state index contributed by atoms with van der Waals surface area (Å²) < 4.78 is 5.96. The highest BCUT2D eigenvalue weighted by Crippen LogP contribution is 2.30. The Morgan fingerprint density at radius 3 is 2.57 bits per heavy atom. The highest BCUT2D eigenvalue weighted by molar-refractivity contribution is 5.93. The van der Waals surface area contributed by atoms with Gasteiger partial charge in [-0.25, -0.2) is 0 Å². The zero-order valence-electron chi connectivity index (χ0n) is 16.8. The SMILES string of the molecule is Cc1ccc(Oc2ccccc2NC(=O)CN2CCC(N)C(C)(C)C2)cc1.Cl. The van der Waals surface area contributed by atoms with Crippen molar-refractivity contribution >= 4 is 24.0 Å². The number of nitrogens with one attached hydrogen (secondary N) is 1. The van der Waals surface area contributed by atoms with E-state index in [-0.39, 0.29) is 29.8 Å². The second-order valence-corrected chi connectivity index (χ2v) is 8.05. The lowest BCUT2D eigenvalue weighted by molar-refractivity contribution is -0.118. The number of nitrogens with two attached hydrogens (primary N) is 1. The van der Waals surface area contributed by atoms with Crippen molar-refractivity contribution in [3.05, 3.63) is 54.1 Å². The second kappa shape index (κ2) is 9.41. The Kier molecular flexibility index (Phi) is 7.47. The summed E-state index contributed by atoms with van der Waals surface area (Å²) in [4.78, 5) is 14.8. The number of para-hydroxylation sites is 2. The molecule has 3 rings (SSSR count). The molecule has 1 unspecified atom stereocenters. The summed E-state index contributed by atoms with van der Waals surface area (Å²) in [6.07, 6.45) is 0.910. The minimum Gasteiger partial charge on any atom is -0.455 e. The number of ether oxygens (including phenoxy) is 1. The van der Waals surface area contributed by atoms with Crippen molar-refractivity contribution in [2.45, 2.75) is 33.2 Å². The highest BCUT2D eigenvalue weighted by Gasteiger charge is 2.33. The lowest BCUT2D eigenvalue weighted by Crippen LogP contribution is -2.53. The van der Waals surface area contributed by atoms with Crippen LogP contribution in [0.15, 0.2) is 48.5 Å². The molecule has 1 atom stereocenters. The summed E-state index contributed by atoms with van der Waals surface area (Å²) in [5.41, 5.74) is 8.06. The van der Waals surface area contributed by atoms with Gasteiger partial charge >= 0.3 is 0 Å². The van der Waals surface area contributed by atoms with Crippen LogP contribution >= 0.6 is 12.4 Å². The number of rotatable bonds is 5. The van der Waals surface area contributed by atoms with Gasteiger partial charge in [-0.15, -0.1) is 12.4 Å². The molecule has 3 N–H and O–H groups in total.